The number of rotatable bonds is 2. The predicted octanol–water partition coefficient (Wildman–Crippen LogP) is 0.239. The maximum Gasteiger partial charge on any atom is 0.269 e. The number of nitrogens with zero attached hydrogens (tertiary/aromatic N) is 2. The van der Waals surface area contributed by atoms with Crippen LogP contribution in [0.15, 0.2) is 18.3 Å². The molecular formula is C12H18N4O. The molecule has 92 valence electrons. The number of pyridine rings is 1. The molecule has 2 heterocycles. The Labute approximate surface area is 101 Å². The Bertz CT molecular complexity index is 407. The van der Waals surface area contributed by atoms with Crippen molar-refractivity contribution >= 4 is 11.6 Å². The summed E-state index contributed by atoms with van der Waals surface area (Å²) in [7, 11) is 1.61. The van der Waals surface area contributed by atoms with Gasteiger partial charge in [-0.15, -0.1) is 0 Å². The summed E-state index contributed by atoms with van der Waals surface area (Å²) in [6.45, 7) is 5.05. The minimum atomic E-state index is -0.143. The van der Waals surface area contributed by atoms with Crippen molar-refractivity contribution in [2.24, 2.45) is 0 Å². The molecule has 1 aromatic rings. The Morgan fingerprint density at radius 3 is 3.18 bits per heavy atom. The summed E-state index contributed by atoms with van der Waals surface area (Å²) in [5.74, 6) is -0.143. The Hall–Kier alpha value is -1.62. The maximum atomic E-state index is 11.5. The van der Waals surface area contributed by atoms with Crippen LogP contribution in [0.3, 0.4) is 0 Å². The van der Waals surface area contributed by atoms with Crippen molar-refractivity contribution in [1.29, 1.82) is 0 Å². The molecule has 2 N–H and O–H groups in total. The predicted molar refractivity (Wildman–Crippen MR) is 67.3 cm³/mol. The topological polar surface area (TPSA) is 57.3 Å². The largest absolute Gasteiger partial charge is 0.369 e. The Balaban J connectivity index is 2.17. The van der Waals surface area contributed by atoms with Gasteiger partial charge in [-0.05, 0) is 19.1 Å². The van der Waals surface area contributed by atoms with E-state index in [4.69, 9.17) is 0 Å². The van der Waals surface area contributed by atoms with Gasteiger partial charge in [0.1, 0.15) is 5.69 Å². The molecule has 0 spiro atoms. The lowest BCUT2D eigenvalue weighted by molar-refractivity contribution is 0.0958. The zero-order chi connectivity index (χ0) is 12.3. The minimum absolute atomic E-state index is 0.143. The number of carbonyl (C=O) groups excluding carboxylic acids is 1. The Morgan fingerprint density at radius 1 is 1.65 bits per heavy atom. The number of piperazine rings is 1. The third-order valence-corrected chi connectivity index (χ3v) is 2.94. The van der Waals surface area contributed by atoms with Crippen LogP contribution in [0.2, 0.25) is 0 Å². The van der Waals surface area contributed by atoms with Gasteiger partial charge < -0.3 is 15.5 Å². The third-order valence-electron chi connectivity index (χ3n) is 2.94. The summed E-state index contributed by atoms with van der Waals surface area (Å²) >= 11 is 0. The maximum absolute atomic E-state index is 11.5. The van der Waals surface area contributed by atoms with E-state index in [2.05, 4.69) is 27.4 Å². The molecule has 0 unspecified atom stereocenters. The van der Waals surface area contributed by atoms with Crippen molar-refractivity contribution in [2.75, 3.05) is 31.6 Å². The van der Waals surface area contributed by atoms with Gasteiger partial charge in [-0.1, -0.05) is 0 Å². The van der Waals surface area contributed by atoms with Crippen LogP contribution in [0.5, 0.6) is 0 Å². The first kappa shape index (κ1) is 11.9. The number of aromatic nitrogens is 1. The van der Waals surface area contributed by atoms with Crippen LogP contribution >= 0.6 is 0 Å². The molecule has 5 heteroatoms. The fourth-order valence-corrected chi connectivity index (χ4v) is 2.04. The molecule has 1 aromatic heterocycles. The first-order valence-corrected chi connectivity index (χ1v) is 5.87. The van der Waals surface area contributed by atoms with E-state index in [1.807, 2.05) is 12.1 Å². The van der Waals surface area contributed by atoms with Crippen LogP contribution in [0.1, 0.15) is 17.4 Å². The second-order valence-corrected chi connectivity index (χ2v) is 4.28. The fourth-order valence-electron chi connectivity index (χ4n) is 2.04. The number of nitrogens with one attached hydrogen (secondary N) is 2. The normalized spacial score (nSPS) is 20.1. The molecule has 1 aliphatic heterocycles. The van der Waals surface area contributed by atoms with E-state index in [1.165, 1.54) is 0 Å². The average molecular weight is 234 g/mol. The SMILES string of the molecule is CNC(=O)c1cc(N2CCN[C@@H](C)C2)ccn1. The third kappa shape index (κ3) is 2.74. The molecule has 0 aromatic carbocycles. The van der Waals surface area contributed by atoms with E-state index >= 15 is 0 Å². The molecule has 0 radical (unpaired) electrons. The molecule has 17 heavy (non-hydrogen) atoms. The highest BCUT2D eigenvalue weighted by atomic mass is 16.1. The lowest BCUT2D eigenvalue weighted by Gasteiger charge is -2.33. The van der Waals surface area contributed by atoms with E-state index in [1.54, 1.807) is 13.2 Å². The molecule has 0 aliphatic carbocycles. The molecule has 1 fully saturated rings. The summed E-state index contributed by atoms with van der Waals surface area (Å²) < 4.78 is 0. The van der Waals surface area contributed by atoms with E-state index in [0.29, 0.717) is 11.7 Å². The fraction of sp³-hybridized carbons (Fsp3) is 0.500. The number of hydrogen-bond donors (Lipinski definition) is 2. The van der Waals surface area contributed by atoms with Crippen LogP contribution in [0, 0.1) is 0 Å². The van der Waals surface area contributed by atoms with E-state index in [9.17, 15) is 4.79 Å². The molecule has 0 saturated carbocycles. The van der Waals surface area contributed by atoms with Gasteiger partial charge >= 0.3 is 0 Å². The highest BCUT2D eigenvalue weighted by Crippen LogP contribution is 2.16. The Kier molecular flexibility index (Phi) is 3.58. The molecular weight excluding hydrogens is 216 g/mol. The van der Waals surface area contributed by atoms with Crippen LogP contribution in [0.25, 0.3) is 0 Å². The minimum Gasteiger partial charge on any atom is -0.369 e. The van der Waals surface area contributed by atoms with E-state index in [-0.39, 0.29) is 5.91 Å². The number of anilines is 1. The molecule has 1 saturated heterocycles. The number of carbonyl (C=O) groups is 1. The van der Waals surface area contributed by atoms with Gasteiger partial charge in [0, 0.05) is 44.6 Å². The summed E-state index contributed by atoms with van der Waals surface area (Å²) in [4.78, 5) is 17.9. The van der Waals surface area contributed by atoms with E-state index < -0.39 is 0 Å². The average Bonchev–Trinajstić information content (AvgIpc) is 2.38. The number of amides is 1. The second kappa shape index (κ2) is 5.14. The lowest BCUT2D eigenvalue weighted by Crippen LogP contribution is -2.49. The first-order valence-electron chi connectivity index (χ1n) is 5.87. The highest BCUT2D eigenvalue weighted by molar-refractivity contribution is 5.92. The van der Waals surface area contributed by atoms with E-state index in [0.717, 1.165) is 25.3 Å². The standard InChI is InChI=1S/C12H18N4O/c1-9-8-16(6-5-14-9)10-3-4-15-11(7-10)12(17)13-2/h3-4,7,9,14H,5-6,8H2,1-2H3,(H,13,17)/t9-/m0/s1. The van der Waals surface area contributed by atoms with Crippen molar-refractivity contribution in [3.05, 3.63) is 24.0 Å². The van der Waals surface area contributed by atoms with Gasteiger partial charge in [0.15, 0.2) is 0 Å². The van der Waals surface area contributed by atoms with Crippen LogP contribution in [-0.2, 0) is 0 Å². The summed E-state index contributed by atoms with van der Waals surface area (Å²) in [5.41, 5.74) is 1.53. The smallest absolute Gasteiger partial charge is 0.269 e. The molecule has 2 rings (SSSR count). The van der Waals surface area contributed by atoms with Crippen molar-refractivity contribution in [1.82, 2.24) is 15.6 Å². The zero-order valence-electron chi connectivity index (χ0n) is 10.2. The van der Waals surface area contributed by atoms with Crippen molar-refractivity contribution in [2.45, 2.75) is 13.0 Å². The second-order valence-electron chi connectivity index (χ2n) is 4.28. The highest BCUT2D eigenvalue weighted by Gasteiger charge is 2.17. The van der Waals surface area contributed by atoms with Crippen molar-refractivity contribution in [3.8, 4) is 0 Å². The molecule has 0 bridgehead atoms. The summed E-state index contributed by atoms with van der Waals surface area (Å²) in [6, 6.07) is 4.27. The van der Waals surface area contributed by atoms with Gasteiger partial charge in [-0.3, -0.25) is 9.78 Å². The molecule has 5 nitrogen and oxygen atoms in total. The van der Waals surface area contributed by atoms with Gasteiger partial charge in [0.05, 0.1) is 0 Å². The summed E-state index contributed by atoms with van der Waals surface area (Å²) in [6.07, 6.45) is 1.69. The molecule has 1 aliphatic rings. The van der Waals surface area contributed by atoms with Gasteiger partial charge in [0.25, 0.3) is 5.91 Å². The summed E-state index contributed by atoms with van der Waals surface area (Å²) in [5, 5.41) is 5.98. The first-order chi connectivity index (χ1) is 8.20. The molecule has 1 amide bonds. The zero-order valence-corrected chi connectivity index (χ0v) is 10.2. The lowest BCUT2D eigenvalue weighted by atomic mass is 10.2. The Morgan fingerprint density at radius 2 is 2.47 bits per heavy atom. The van der Waals surface area contributed by atoms with Crippen molar-refractivity contribution in [3.63, 3.8) is 0 Å². The van der Waals surface area contributed by atoms with Crippen LogP contribution in [0.4, 0.5) is 5.69 Å². The van der Waals surface area contributed by atoms with Gasteiger partial charge in [-0.25, -0.2) is 0 Å². The molecule has 1 atom stereocenters. The quantitative estimate of drug-likeness (QED) is 0.769. The monoisotopic (exact) mass is 234 g/mol. The van der Waals surface area contributed by atoms with Crippen LogP contribution in [-0.4, -0.2) is 43.6 Å². The number of hydrogen-bond acceptors (Lipinski definition) is 4. The van der Waals surface area contributed by atoms with Crippen LogP contribution < -0.4 is 15.5 Å². The van der Waals surface area contributed by atoms with Gasteiger partial charge in [0.2, 0.25) is 0 Å². The van der Waals surface area contributed by atoms with Gasteiger partial charge in [-0.2, -0.15) is 0 Å². The van der Waals surface area contributed by atoms with Crippen molar-refractivity contribution < 1.29 is 4.79 Å².